The van der Waals surface area contributed by atoms with Crippen molar-refractivity contribution in [3.63, 3.8) is 0 Å². The van der Waals surface area contributed by atoms with Crippen LogP contribution in [0.3, 0.4) is 0 Å². The standard InChI is InChI=1S/C22H21N3O3/c1-14-8-9-20(28-2)19(11-14)25-13-15(12-21(25)26)22(27)24-18-7-3-6-17-16(18)5-4-10-23-17/h3-11,15H,12-13H2,1-2H3,(H,24,27). The van der Waals surface area contributed by atoms with Crippen molar-refractivity contribution in [1.29, 1.82) is 0 Å². The summed E-state index contributed by atoms with van der Waals surface area (Å²) in [6, 6.07) is 15.0. The molecule has 3 aromatic rings. The Balaban J connectivity index is 1.56. The van der Waals surface area contributed by atoms with Crippen molar-refractivity contribution in [3.8, 4) is 5.75 Å². The first-order valence-electron chi connectivity index (χ1n) is 9.16. The third-order valence-corrected chi connectivity index (χ3v) is 5.02. The number of nitrogens with one attached hydrogen (secondary N) is 1. The lowest BCUT2D eigenvalue weighted by Crippen LogP contribution is -2.28. The molecule has 0 aliphatic carbocycles. The highest BCUT2D eigenvalue weighted by Gasteiger charge is 2.36. The molecule has 1 unspecified atom stereocenters. The average molecular weight is 375 g/mol. The summed E-state index contributed by atoms with van der Waals surface area (Å²) in [7, 11) is 1.58. The highest BCUT2D eigenvalue weighted by atomic mass is 16.5. The van der Waals surface area contributed by atoms with Gasteiger partial charge in [-0.15, -0.1) is 0 Å². The molecule has 4 rings (SSSR count). The van der Waals surface area contributed by atoms with E-state index in [1.165, 1.54) is 0 Å². The fourth-order valence-electron chi connectivity index (χ4n) is 3.57. The Labute approximate surface area is 163 Å². The van der Waals surface area contributed by atoms with Crippen LogP contribution < -0.4 is 15.0 Å². The minimum absolute atomic E-state index is 0.0800. The Hall–Kier alpha value is -3.41. The average Bonchev–Trinajstić information content (AvgIpc) is 3.10. The molecule has 6 heteroatoms. The second-order valence-electron chi connectivity index (χ2n) is 6.95. The summed E-state index contributed by atoms with van der Waals surface area (Å²) in [5.74, 6) is -0.0489. The van der Waals surface area contributed by atoms with E-state index in [4.69, 9.17) is 4.74 Å². The molecule has 1 aromatic heterocycles. The van der Waals surface area contributed by atoms with E-state index in [2.05, 4.69) is 10.3 Å². The highest BCUT2D eigenvalue weighted by Crippen LogP contribution is 2.34. The van der Waals surface area contributed by atoms with Gasteiger partial charge in [0.15, 0.2) is 0 Å². The van der Waals surface area contributed by atoms with Gasteiger partial charge < -0.3 is 15.0 Å². The van der Waals surface area contributed by atoms with Crippen LogP contribution in [0.4, 0.5) is 11.4 Å². The molecule has 2 heterocycles. The molecule has 6 nitrogen and oxygen atoms in total. The first kappa shape index (κ1) is 18.0. The molecular formula is C22H21N3O3. The van der Waals surface area contributed by atoms with E-state index in [1.54, 1.807) is 18.2 Å². The molecule has 1 fully saturated rings. The number of methoxy groups -OCH3 is 1. The molecule has 2 amide bonds. The Morgan fingerprint density at radius 2 is 2.07 bits per heavy atom. The van der Waals surface area contributed by atoms with Gasteiger partial charge in [0.05, 0.1) is 29.9 Å². The maximum atomic E-state index is 12.9. The van der Waals surface area contributed by atoms with Crippen LogP contribution in [0.1, 0.15) is 12.0 Å². The van der Waals surface area contributed by atoms with Crippen LogP contribution in [-0.2, 0) is 9.59 Å². The smallest absolute Gasteiger partial charge is 0.229 e. The molecule has 0 bridgehead atoms. The number of carbonyl (C=O) groups is 2. The predicted octanol–water partition coefficient (Wildman–Crippen LogP) is 3.54. The third-order valence-electron chi connectivity index (χ3n) is 5.02. The summed E-state index contributed by atoms with van der Waals surface area (Å²) in [4.78, 5) is 31.4. The number of amides is 2. The topological polar surface area (TPSA) is 71.5 Å². The van der Waals surface area contributed by atoms with Crippen molar-refractivity contribution in [2.75, 3.05) is 23.9 Å². The van der Waals surface area contributed by atoms with Crippen LogP contribution in [0.5, 0.6) is 5.75 Å². The van der Waals surface area contributed by atoms with Crippen molar-refractivity contribution in [2.45, 2.75) is 13.3 Å². The quantitative estimate of drug-likeness (QED) is 0.757. The van der Waals surface area contributed by atoms with Gasteiger partial charge in [-0.3, -0.25) is 14.6 Å². The zero-order valence-corrected chi connectivity index (χ0v) is 15.8. The molecule has 0 radical (unpaired) electrons. The van der Waals surface area contributed by atoms with Gasteiger partial charge in [-0.2, -0.15) is 0 Å². The Kier molecular flexibility index (Phi) is 4.69. The Morgan fingerprint density at radius 1 is 1.21 bits per heavy atom. The normalized spacial score (nSPS) is 16.4. The lowest BCUT2D eigenvalue weighted by atomic mass is 10.1. The number of pyridine rings is 1. The Morgan fingerprint density at radius 3 is 2.89 bits per heavy atom. The maximum Gasteiger partial charge on any atom is 0.229 e. The molecule has 2 aromatic carbocycles. The number of carbonyl (C=O) groups excluding carboxylic acids is 2. The number of hydrogen-bond donors (Lipinski definition) is 1. The minimum Gasteiger partial charge on any atom is -0.495 e. The molecule has 1 N–H and O–H groups in total. The van der Waals surface area contributed by atoms with E-state index >= 15 is 0 Å². The SMILES string of the molecule is COc1ccc(C)cc1N1CC(C(=O)Nc2cccc3ncccc23)CC1=O. The van der Waals surface area contributed by atoms with E-state index in [1.807, 2.05) is 55.5 Å². The largest absolute Gasteiger partial charge is 0.495 e. The lowest BCUT2D eigenvalue weighted by Gasteiger charge is -2.20. The molecule has 0 spiro atoms. The lowest BCUT2D eigenvalue weighted by molar-refractivity contribution is -0.122. The highest BCUT2D eigenvalue weighted by molar-refractivity contribution is 6.06. The molecule has 1 saturated heterocycles. The van der Waals surface area contributed by atoms with Crippen LogP contribution in [0.25, 0.3) is 10.9 Å². The zero-order valence-electron chi connectivity index (χ0n) is 15.8. The number of hydrogen-bond acceptors (Lipinski definition) is 4. The summed E-state index contributed by atoms with van der Waals surface area (Å²) in [6.45, 7) is 2.29. The van der Waals surface area contributed by atoms with Crippen LogP contribution in [0, 0.1) is 12.8 Å². The van der Waals surface area contributed by atoms with Gasteiger partial charge in [0.25, 0.3) is 0 Å². The van der Waals surface area contributed by atoms with Gasteiger partial charge in [-0.25, -0.2) is 0 Å². The molecule has 0 saturated carbocycles. The third kappa shape index (κ3) is 3.29. The number of nitrogens with zero attached hydrogens (tertiary/aromatic N) is 2. The summed E-state index contributed by atoms with van der Waals surface area (Å²) < 4.78 is 5.40. The summed E-state index contributed by atoms with van der Waals surface area (Å²) in [5.41, 5.74) is 3.25. The Bertz CT molecular complexity index is 1060. The fraction of sp³-hybridized carbons (Fsp3) is 0.227. The van der Waals surface area contributed by atoms with Gasteiger partial charge in [0, 0.05) is 24.5 Å². The van der Waals surface area contributed by atoms with Crippen molar-refractivity contribution in [1.82, 2.24) is 4.98 Å². The van der Waals surface area contributed by atoms with Crippen LogP contribution >= 0.6 is 0 Å². The zero-order chi connectivity index (χ0) is 19.7. The first-order chi connectivity index (χ1) is 13.6. The molecule has 28 heavy (non-hydrogen) atoms. The summed E-state index contributed by atoms with van der Waals surface area (Å²) in [6.07, 6.45) is 1.89. The van der Waals surface area contributed by atoms with E-state index < -0.39 is 5.92 Å². The number of aryl methyl sites for hydroxylation is 1. The van der Waals surface area contributed by atoms with Crippen LogP contribution in [-0.4, -0.2) is 30.5 Å². The monoisotopic (exact) mass is 375 g/mol. The summed E-state index contributed by atoms with van der Waals surface area (Å²) in [5, 5.41) is 3.85. The first-order valence-corrected chi connectivity index (χ1v) is 9.16. The predicted molar refractivity (Wildman–Crippen MR) is 109 cm³/mol. The van der Waals surface area contributed by atoms with E-state index in [-0.39, 0.29) is 18.2 Å². The van der Waals surface area contributed by atoms with E-state index in [0.29, 0.717) is 23.7 Å². The van der Waals surface area contributed by atoms with Crippen molar-refractivity contribution in [3.05, 3.63) is 60.3 Å². The molecule has 1 aliphatic heterocycles. The van der Waals surface area contributed by atoms with Crippen LogP contribution in [0.15, 0.2) is 54.7 Å². The van der Waals surface area contributed by atoms with Gasteiger partial charge in [0.1, 0.15) is 5.75 Å². The van der Waals surface area contributed by atoms with E-state index in [9.17, 15) is 9.59 Å². The van der Waals surface area contributed by atoms with Crippen molar-refractivity contribution < 1.29 is 14.3 Å². The van der Waals surface area contributed by atoms with Gasteiger partial charge in [-0.1, -0.05) is 12.1 Å². The number of rotatable bonds is 4. The molecule has 1 aliphatic rings. The minimum atomic E-state index is -0.426. The van der Waals surface area contributed by atoms with Crippen molar-refractivity contribution in [2.24, 2.45) is 5.92 Å². The van der Waals surface area contributed by atoms with Crippen LogP contribution in [0.2, 0.25) is 0 Å². The number of fused-ring (bicyclic) bond motifs is 1. The second-order valence-corrected chi connectivity index (χ2v) is 6.95. The van der Waals surface area contributed by atoms with Gasteiger partial charge >= 0.3 is 0 Å². The maximum absolute atomic E-state index is 12.9. The second kappa shape index (κ2) is 7.31. The fourth-order valence-corrected chi connectivity index (χ4v) is 3.57. The van der Waals surface area contributed by atoms with Gasteiger partial charge in [-0.05, 0) is 48.9 Å². The molecule has 142 valence electrons. The van der Waals surface area contributed by atoms with Gasteiger partial charge in [0.2, 0.25) is 11.8 Å². The number of benzene rings is 2. The molecular weight excluding hydrogens is 354 g/mol. The van der Waals surface area contributed by atoms with E-state index in [0.717, 1.165) is 16.5 Å². The summed E-state index contributed by atoms with van der Waals surface area (Å²) >= 11 is 0. The number of aromatic nitrogens is 1. The number of ether oxygens (including phenoxy) is 1. The van der Waals surface area contributed by atoms with Crippen molar-refractivity contribution >= 4 is 34.1 Å². The number of anilines is 2. The molecule has 1 atom stereocenters.